The predicted octanol–water partition coefficient (Wildman–Crippen LogP) is 3.37. The molecule has 0 spiro atoms. The third kappa shape index (κ3) is 2.43. The van der Waals surface area contributed by atoms with Crippen LogP contribution in [-0.2, 0) is 3.79 Å². The van der Waals surface area contributed by atoms with Crippen molar-refractivity contribution in [2.45, 2.75) is 3.79 Å². The van der Waals surface area contributed by atoms with E-state index in [0.29, 0.717) is 17.0 Å². The average molecular weight is 275 g/mol. The predicted molar refractivity (Wildman–Crippen MR) is 64.5 cm³/mol. The molecular weight excluding hydrogens is 268 g/mol. The van der Waals surface area contributed by atoms with Crippen molar-refractivity contribution >= 4 is 34.8 Å². The van der Waals surface area contributed by atoms with Gasteiger partial charge in [-0.1, -0.05) is 34.8 Å². The first kappa shape index (κ1) is 11.6. The summed E-state index contributed by atoms with van der Waals surface area (Å²) >= 11 is 17.5. The molecule has 0 aliphatic rings. The zero-order valence-electron chi connectivity index (χ0n) is 7.94. The van der Waals surface area contributed by atoms with Crippen LogP contribution >= 0.6 is 34.8 Å². The monoisotopic (exact) mass is 273 g/mol. The molecule has 0 atom stereocenters. The summed E-state index contributed by atoms with van der Waals surface area (Å²) in [6, 6.07) is 3.54. The number of hydrogen-bond acceptors (Lipinski definition) is 3. The van der Waals surface area contributed by atoms with E-state index in [1.165, 1.54) is 0 Å². The van der Waals surface area contributed by atoms with Gasteiger partial charge in [0.1, 0.15) is 5.69 Å². The Morgan fingerprint density at radius 1 is 1.00 bits per heavy atom. The molecule has 0 saturated carbocycles. The summed E-state index contributed by atoms with van der Waals surface area (Å²) in [6.07, 6.45) is 6.31. The van der Waals surface area contributed by atoms with E-state index in [1.54, 1.807) is 36.9 Å². The number of halogens is 3. The lowest BCUT2D eigenvalue weighted by molar-refractivity contribution is 1.08. The van der Waals surface area contributed by atoms with Gasteiger partial charge in [-0.25, -0.2) is 0 Å². The fourth-order valence-electron chi connectivity index (χ4n) is 1.28. The smallest absolute Gasteiger partial charge is 0.233 e. The van der Waals surface area contributed by atoms with E-state index in [4.69, 9.17) is 34.8 Å². The molecule has 0 aromatic carbocycles. The Balaban J connectivity index is 2.58. The average Bonchev–Trinajstić information content (AvgIpc) is 2.29. The minimum absolute atomic E-state index is 0.348. The summed E-state index contributed by atoms with van der Waals surface area (Å²) in [7, 11) is 0. The van der Waals surface area contributed by atoms with Crippen molar-refractivity contribution in [2.24, 2.45) is 0 Å². The normalized spacial score (nSPS) is 11.4. The van der Waals surface area contributed by atoms with Gasteiger partial charge in [0, 0.05) is 24.2 Å². The SMILES string of the molecule is ClC(Cl)(Cl)c1ncccc1-c1cnccn1. The molecule has 0 fully saturated rings. The molecule has 2 rings (SSSR count). The van der Waals surface area contributed by atoms with Crippen molar-refractivity contribution < 1.29 is 0 Å². The summed E-state index contributed by atoms with van der Waals surface area (Å²) in [5.41, 5.74) is 1.63. The lowest BCUT2D eigenvalue weighted by atomic mass is 10.1. The maximum Gasteiger partial charge on any atom is 0.233 e. The van der Waals surface area contributed by atoms with Gasteiger partial charge >= 0.3 is 0 Å². The number of rotatable bonds is 1. The van der Waals surface area contributed by atoms with Crippen molar-refractivity contribution in [3.63, 3.8) is 0 Å². The zero-order valence-corrected chi connectivity index (χ0v) is 10.2. The van der Waals surface area contributed by atoms with E-state index < -0.39 is 3.79 Å². The standard InChI is InChI=1S/C10H6Cl3N3/c11-10(12,13)9-7(2-1-3-16-9)8-6-14-4-5-15-8/h1-6H. The summed E-state index contributed by atoms with van der Waals surface area (Å²) < 4.78 is -1.58. The summed E-state index contributed by atoms with van der Waals surface area (Å²) in [5.74, 6) is 0. The van der Waals surface area contributed by atoms with Crippen LogP contribution in [0.4, 0.5) is 0 Å². The number of hydrogen-bond donors (Lipinski definition) is 0. The van der Waals surface area contributed by atoms with E-state index in [9.17, 15) is 0 Å². The van der Waals surface area contributed by atoms with E-state index in [0.717, 1.165) is 0 Å². The maximum absolute atomic E-state index is 5.83. The van der Waals surface area contributed by atoms with Crippen molar-refractivity contribution in [1.29, 1.82) is 0 Å². The molecular formula is C10H6Cl3N3. The lowest BCUT2D eigenvalue weighted by Crippen LogP contribution is -2.06. The summed E-state index contributed by atoms with van der Waals surface area (Å²) in [5, 5.41) is 0. The van der Waals surface area contributed by atoms with Crippen LogP contribution in [0.15, 0.2) is 36.9 Å². The van der Waals surface area contributed by atoms with Crippen molar-refractivity contribution in [1.82, 2.24) is 15.0 Å². The third-order valence-electron chi connectivity index (χ3n) is 1.92. The Hall–Kier alpha value is -0.900. The lowest BCUT2D eigenvalue weighted by Gasteiger charge is -2.13. The first-order valence-electron chi connectivity index (χ1n) is 4.37. The fraction of sp³-hybridized carbons (Fsp3) is 0.100. The van der Waals surface area contributed by atoms with Gasteiger partial charge in [-0.3, -0.25) is 15.0 Å². The Morgan fingerprint density at radius 3 is 2.44 bits per heavy atom. The molecule has 0 unspecified atom stereocenters. The second-order valence-electron chi connectivity index (χ2n) is 2.99. The van der Waals surface area contributed by atoms with Gasteiger partial charge in [-0.05, 0) is 12.1 Å². The summed E-state index contributed by atoms with van der Waals surface area (Å²) in [6.45, 7) is 0. The van der Waals surface area contributed by atoms with Crippen LogP contribution in [0.5, 0.6) is 0 Å². The van der Waals surface area contributed by atoms with E-state index in [1.807, 2.05) is 0 Å². The van der Waals surface area contributed by atoms with Crippen LogP contribution in [0.25, 0.3) is 11.3 Å². The molecule has 0 bridgehead atoms. The number of pyridine rings is 1. The highest BCUT2D eigenvalue weighted by molar-refractivity contribution is 6.66. The number of nitrogens with zero attached hydrogens (tertiary/aromatic N) is 3. The fourth-order valence-corrected chi connectivity index (χ4v) is 1.73. The van der Waals surface area contributed by atoms with Crippen LogP contribution in [0, 0.1) is 0 Å². The molecule has 16 heavy (non-hydrogen) atoms. The van der Waals surface area contributed by atoms with Gasteiger partial charge in [-0.2, -0.15) is 0 Å². The minimum atomic E-state index is -1.58. The molecule has 0 aliphatic carbocycles. The molecule has 2 aromatic rings. The Labute approximate surface area is 107 Å². The van der Waals surface area contributed by atoms with Gasteiger partial charge in [0.2, 0.25) is 3.79 Å². The second kappa shape index (κ2) is 4.53. The van der Waals surface area contributed by atoms with Crippen LogP contribution < -0.4 is 0 Å². The first-order valence-corrected chi connectivity index (χ1v) is 5.51. The van der Waals surface area contributed by atoms with Crippen LogP contribution in [-0.4, -0.2) is 15.0 Å². The molecule has 82 valence electrons. The van der Waals surface area contributed by atoms with Crippen LogP contribution in [0.2, 0.25) is 0 Å². The molecule has 3 nitrogen and oxygen atoms in total. The van der Waals surface area contributed by atoms with E-state index in [-0.39, 0.29) is 0 Å². The Bertz CT molecular complexity index is 482. The Kier molecular flexibility index (Phi) is 3.28. The van der Waals surface area contributed by atoms with Crippen LogP contribution in [0.3, 0.4) is 0 Å². The molecule has 0 saturated heterocycles. The topological polar surface area (TPSA) is 38.7 Å². The highest BCUT2D eigenvalue weighted by Gasteiger charge is 2.28. The van der Waals surface area contributed by atoms with Gasteiger partial charge in [0.15, 0.2) is 0 Å². The quantitative estimate of drug-likeness (QED) is 0.748. The Morgan fingerprint density at radius 2 is 1.81 bits per heavy atom. The maximum atomic E-state index is 5.83. The van der Waals surface area contributed by atoms with Crippen molar-refractivity contribution in [3.8, 4) is 11.3 Å². The van der Waals surface area contributed by atoms with E-state index in [2.05, 4.69) is 15.0 Å². The largest absolute Gasteiger partial charge is 0.261 e. The molecule has 0 aliphatic heterocycles. The highest BCUT2D eigenvalue weighted by Crippen LogP contribution is 2.41. The summed E-state index contributed by atoms with van der Waals surface area (Å²) in [4.78, 5) is 12.2. The van der Waals surface area contributed by atoms with Crippen molar-refractivity contribution in [3.05, 3.63) is 42.6 Å². The van der Waals surface area contributed by atoms with E-state index >= 15 is 0 Å². The van der Waals surface area contributed by atoms with Gasteiger partial charge in [-0.15, -0.1) is 0 Å². The highest BCUT2D eigenvalue weighted by atomic mass is 35.6. The molecule has 2 aromatic heterocycles. The number of aromatic nitrogens is 3. The van der Waals surface area contributed by atoms with Crippen molar-refractivity contribution in [2.75, 3.05) is 0 Å². The third-order valence-corrected chi connectivity index (χ3v) is 2.45. The van der Waals surface area contributed by atoms with Crippen LogP contribution in [0.1, 0.15) is 5.69 Å². The molecule has 6 heteroatoms. The molecule has 0 N–H and O–H groups in total. The molecule has 2 heterocycles. The van der Waals surface area contributed by atoms with Gasteiger partial charge in [0.25, 0.3) is 0 Å². The van der Waals surface area contributed by atoms with Gasteiger partial charge < -0.3 is 0 Å². The number of alkyl halides is 3. The molecule has 0 amide bonds. The van der Waals surface area contributed by atoms with Gasteiger partial charge in [0.05, 0.1) is 11.9 Å². The molecule has 0 radical (unpaired) electrons. The minimum Gasteiger partial charge on any atom is -0.261 e. The first-order chi connectivity index (χ1) is 7.59. The zero-order chi connectivity index (χ0) is 11.6. The second-order valence-corrected chi connectivity index (χ2v) is 5.27.